The van der Waals surface area contributed by atoms with Crippen LogP contribution >= 0.6 is 0 Å². The first-order chi connectivity index (χ1) is 12.0. The molecular formula is C18H22N2O5. The molecule has 1 aliphatic rings. The van der Waals surface area contributed by atoms with Crippen LogP contribution in [-0.2, 0) is 19.1 Å². The van der Waals surface area contributed by atoms with Gasteiger partial charge in [0.25, 0.3) is 5.91 Å². The fourth-order valence-corrected chi connectivity index (χ4v) is 2.60. The predicted molar refractivity (Wildman–Crippen MR) is 91.9 cm³/mol. The summed E-state index contributed by atoms with van der Waals surface area (Å²) in [6.07, 6.45) is 4.17. The summed E-state index contributed by atoms with van der Waals surface area (Å²) in [4.78, 5) is 37.6. The molecule has 0 aromatic heterocycles. The van der Waals surface area contributed by atoms with E-state index < -0.39 is 11.9 Å². The van der Waals surface area contributed by atoms with Crippen molar-refractivity contribution in [1.82, 2.24) is 4.90 Å². The predicted octanol–water partition coefficient (Wildman–Crippen LogP) is 1.95. The number of amides is 1. The van der Waals surface area contributed by atoms with E-state index in [2.05, 4.69) is 14.8 Å². The summed E-state index contributed by atoms with van der Waals surface area (Å²) in [5.74, 6) is -1.44. The lowest BCUT2D eigenvalue weighted by molar-refractivity contribution is -0.138. The molecule has 0 aliphatic carbocycles. The van der Waals surface area contributed by atoms with Gasteiger partial charge in [0.15, 0.2) is 0 Å². The van der Waals surface area contributed by atoms with Crippen LogP contribution in [0.25, 0.3) is 0 Å². The second-order valence-electron chi connectivity index (χ2n) is 5.63. The molecule has 1 aromatic rings. The minimum Gasteiger partial charge on any atom is -0.466 e. The largest absolute Gasteiger partial charge is 0.466 e. The third kappa shape index (κ3) is 5.07. The summed E-state index contributed by atoms with van der Waals surface area (Å²) in [5, 5.41) is 2.81. The van der Waals surface area contributed by atoms with Crippen molar-refractivity contribution in [2.75, 3.05) is 32.6 Å². The van der Waals surface area contributed by atoms with E-state index in [0.717, 1.165) is 38.4 Å². The molecule has 0 radical (unpaired) electrons. The summed E-state index contributed by atoms with van der Waals surface area (Å²) in [5.41, 5.74) is 0.953. The average molecular weight is 346 g/mol. The second kappa shape index (κ2) is 8.86. The zero-order chi connectivity index (χ0) is 18.2. The maximum atomic E-state index is 12.6. The van der Waals surface area contributed by atoms with Crippen molar-refractivity contribution in [2.45, 2.75) is 19.3 Å². The minimum atomic E-state index is -0.710. The smallest absolute Gasteiger partial charge is 0.354 e. The van der Waals surface area contributed by atoms with Crippen LogP contribution in [0.5, 0.6) is 0 Å². The third-order valence-electron chi connectivity index (χ3n) is 3.90. The van der Waals surface area contributed by atoms with Crippen molar-refractivity contribution >= 4 is 23.5 Å². The Morgan fingerprint density at radius 1 is 1.08 bits per heavy atom. The van der Waals surface area contributed by atoms with E-state index in [1.807, 2.05) is 4.90 Å². The Kier molecular flexibility index (Phi) is 6.56. The first-order valence-electron chi connectivity index (χ1n) is 8.09. The van der Waals surface area contributed by atoms with Crippen molar-refractivity contribution in [3.05, 3.63) is 41.6 Å². The number of carbonyl (C=O) groups excluding carboxylic acids is 3. The highest BCUT2D eigenvalue weighted by atomic mass is 16.5. The quantitative estimate of drug-likeness (QED) is 0.648. The topological polar surface area (TPSA) is 84.9 Å². The van der Waals surface area contributed by atoms with Gasteiger partial charge < -0.3 is 19.7 Å². The Balaban J connectivity index is 2.18. The van der Waals surface area contributed by atoms with Crippen LogP contribution in [0.3, 0.4) is 0 Å². The molecular weight excluding hydrogens is 324 g/mol. The van der Waals surface area contributed by atoms with Crippen molar-refractivity contribution < 1.29 is 23.9 Å². The van der Waals surface area contributed by atoms with Crippen LogP contribution in [-0.4, -0.2) is 50.1 Å². The molecule has 0 atom stereocenters. The van der Waals surface area contributed by atoms with Gasteiger partial charge in [0.05, 0.1) is 20.3 Å². The molecule has 1 heterocycles. The zero-order valence-electron chi connectivity index (χ0n) is 14.4. The summed E-state index contributed by atoms with van der Waals surface area (Å²) in [7, 11) is 2.43. The van der Waals surface area contributed by atoms with Crippen molar-refractivity contribution in [2.24, 2.45) is 0 Å². The normalized spacial score (nSPS) is 14.6. The van der Waals surface area contributed by atoms with Crippen LogP contribution in [0.15, 0.2) is 36.0 Å². The lowest BCUT2D eigenvalue weighted by atomic mass is 10.1. The van der Waals surface area contributed by atoms with Crippen LogP contribution < -0.4 is 5.32 Å². The number of hydrogen-bond donors (Lipinski definition) is 1. The summed E-state index contributed by atoms with van der Waals surface area (Å²) < 4.78 is 9.18. The Labute approximate surface area is 146 Å². The number of piperidine rings is 1. The fraction of sp³-hybridized carbons (Fsp3) is 0.389. The number of nitrogens with zero attached hydrogens (tertiary/aromatic N) is 1. The number of benzene rings is 1. The van der Waals surface area contributed by atoms with Crippen LogP contribution in [0, 0.1) is 0 Å². The highest BCUT2D eigenvalue weighted by Gasteiger charge is 2.19. The molecule has 0 bridgehead atoms. The van der Waals surface area contributed by atoms with Gasteiger partial charge in [-0.1, -0.05) is 6.07 Å². The van der Waals surface area contributed by atoms with Crippen LogP contribution in [0.2, 0.25) is 0 Å². The fourth-order valence-electron chi connectivity index (χ4n) is 2.60. The number of carbonyl (C=O) groups is 3. The SMILES string of the molecule is COC(=O)/C=C(/Nc1cccc(C(=O)N2CCCCC2)c1)C(=O)OC. The van der Waals surface area contributed by atoms with Gasteiger partial charge in [0.2, 0.25) is 0 Å². The first kappa shape index (κ1) is 18.5. The summed E-state index contributed by atoms with van der Waals surface area (Å²) in [6, 6.07) is 6.78. The molecule has 1 aliphatic heterocycles. The Bertz CT molecular complexity index is 678. The molecule has 2 rings (SSSR count). The number of likely N-dealkylation sites (tertiary alicyclic amines) is 1. The molecule has 0 unspecified atom stereocenters. The van der Waals surface area contributed by atoms with Gasteiger partial charge in [0.1, 0.15) is 5.70 Å². The van der Waals surface area contributed by atoms with E-state index >= 15 is 0 Å². The maximum absolute atomic E-state index is 12.6. The lowest BCUT2D eigenvalue weighted by Crippen LogP contribution is -2.35. The van der Waals surface area contributed by atoms with Gasteiger partial charge in [-0.2, -0.15) is 0 Å². The highest BCUT2D eigenvalue weighted by Crippen LogP contribution is 2.18. The summed E-state index contributed by atoms with van der Waals surface area (Å²) >= 11 is 0. The second-order valence-corrected chi connectivity index (χ2v) is 5.63. The molecule has 25 heavy (non-hydrogen) atoms. The monoisotopic (exact) mass is 346 g/mol. The van der Waals surface area contributed by atoms with E-state index in [-0.39, 0.29) is 11.6 Å². The number of esters is 2. The number of hydrogen-bond acceptors (Lipinski definition) is 6. The molecule has 0 spiro atoms. The number of rotatable bonds is 5. The van der Waals surface area contributed by atoms with Gasteiger partial charge in [-0.15, -0.1) is 0 Å². The number of nitrogens with one attached hydrogen (secondary N) is 1. The molecule has 1 aromatic carbocycles. The molecule has 7 nitrogen and oxygen atoms in total. The van der Waals surface area contributed by atoms with E-state index in [4.69, 9.17) is 0 Å². The van der Waals surface area contributed by atoms with E-state index in [1.165, 1.54) is 14.2 Å². The molecule has 134 valence electrons. The Morgan fingerprint density at radius 2 is 1.80 bits per heavy atom. The Hall–Kier alpha value is -2.83. The highest BCUT2D eigenvalue weighted by molar-refractivity contribution is 5.99. The number of ether oxygens (including phenoxy) is 2. The molecule has 1 saturated heterocycles. The van der Waals surface area contributed by atoms with Gasteiger partial charge in [-0.3, -0.25) is 4.79 Å². The van der Waals surface area contributed by atoms with Gasteiger partial charge in [0, 0.05) is 24.3 Å². The van der Waals surface area contributed by atoms with Crippen molar-refractivity contribution in [3.8, 4) is 0 Å². The first-order valence-corrected chi connectivity index (χ1v) is 8.09. The summed E-state index contributed by atoms with van der Waals surface area (Å²) in [6.45, 7) is 1.51. The molecule has 1 N–H and O–H groups in total. The Morgan fingerprint density at radius 3 is 2.44 bits per heavy atom. The molecule has 1 fully saturated rings. The minimum absolute atomic E-state index is 0.0417. The zero-order valence-corrected chi connectivity index (χ0v) is 14.4. The van der Waals surface area contributed by atoms with E-state index in [1.54, 1.807) is 24.3 Å². The maximum Gasteiger partial charge on any atom is 0.354 e. The molecule has 0 saturated carbocycles. The van der Waals surface area contributed by atoms with E-state index in [0.29, 0.717) is 11.3 Å². The lowest BCUT2D eigenvalue weighted by Gasteiger charge is -2.26. The standard InChI is InChI=1S/C18H22N2O5/c1-24-16(21)12-15(18(23)25-2)19-14-8-6-7-13(11-14)17(22)20-9-4-3-5-10-20/h6-8,11-12,19H,3-5,9-10H2,1-2H3/b15-12+. The van der Waals surface area contributed by atoms with Crippen molar-refractivity contribution in [1.29, 1.82) is 0 Å². The number of anilines is 1. The third-order valence-corrected chi connectivity index (χ3v) is 3.90. The molecule has 1 amide bonds. The van der Waals surface area contributed by atoms with Crippen molar-refractivity contribution in [3.63, 3.8) is 0 Å². The van der Waals surface area contributed by atoms with Gasteiger partial charge >= 0.3 is 11.9 Å². The number of methoxy groups -OCH3 is 2. The van der Waals surface area contributed by atoms with E-state index in [9.17, 15) is 14.4 Å². The van der Waals surface area contributed by atoms with Crippen LogP contribution in [0.1, 0.15) is 29.6 Å². The van der Waals surface area contributed by atoms with Crippen LogP contribution in [0.4, 0.5) is 5.69 Å². The van der Waals surface area contributed by atoms with Gasteiger partial charge in [-0.25, -0.2) is 9.59 Å². The van der Waals surface area contributed by atoms with Gasteiger partial charge in [-0.05, 0) is 37.5 Å². The average Bonchev–Trinajstić information content (AvgIpc) is 2.67. The molecule has 7 heteroatoms.